The molecule has 2 amide bonds. The average Bonchev–Trinajstić information content (AvgIpc) is 3.25. The van der Waals surface area contributed by atoms with Gasteiger partial charge in [-0.1, -0.05) is 0 Å². The fourth-order valence-corrected chi connectivity index (χ4v) is 3.92. The zero-order chi connectivity index (χ0) is 24.8. The monoisotopic (exact) mass is 505 g/mol. The highest BCUT2D eigenvalue weighted by Gasteiger charge is 2.48. The highest BCUT2D eigenvalue weighted by Crippen LogP contribution is 2.37. The number of phosphoric acid groups is 1. The molecule has 0 bridgehead atoms. The lowest BCUT2D eigenvalue weighted by molar-refractivity contribution is -0.137. The number of alkyl halides is 2. The number of pyridine rings is 1. The number of amides is 2. The van der Waals surface area contributed by atoms with Gasteiger partial charge in [0, 0.05) is 24.7 Å². The van der Waals surface area contributed by atoms with E-state index in [0.29, 0.717) is 0 Å². The van der Waals surface area contributed by atoms with E-state index in [9.17, 15) is 31.7 Å². The molecule has 1 aromatic carbocycles. The normalized spacial score (nSPS) is 20.2. The van der Waals surface area contributed by atoms with Crippen molar-refractivity contribution in [2.75, 3.05) is 29.5 Å². The molecule has 0 saturated carbocycles. The minimum Gasteiger partial charge on any atom is -0.441 e. The van der Waals surface area contributed by atoms with Crippen molar-refractivity contribution in [2.45, 2.75) is 18.4 Å². The molecule has 2 aliphatic heterocycles. The Morgan fingerprint density at radius 2 is 1.85 bits per heavy atom. The van der Waals surface area contributed by atoms with Crippen LogP contribution in [0, 0.1) is 11.6 Å². The number of rotatable bonds is 6. The van der Waals surface area contributed by atoms with Crippen molar-refractivity contribution in [3.05, 3.63) is 42.1 Å². The molecule has 4 rings (SSSR count). The van der Waals surface area contributed by atoms with Gasteiger partial charge in [0.1, 0.15) is 23.6 Å². The number of anilines is 2. The van der Waals surface area contributed by atoms with Crippen LogP contribution in [-0.2, 0) is 18.6 Å². The van der Waals surface area contributed by atoms with Crippen LogP contribution in [-0.4, -0.2) is 58.5 Å². The van der Waals surface area contributed by atoms with Crippen LogP contribution in [0.25, 0.3) is 11.1 Å². The summed E-state index contributed by atoms with van der Waals surface area (Å²) in [5, 5.41) is 0. The SMILES string of the molecule is O=C1O[C@@H](COP(=O)(O)O)CN1c1cc(F)c(-c2ccc(N3CCC(F)(F)C3=O)nc2)c(F)c1. The first-order valence-electron chi connectivity index (χ1n) is 9.69. The smallest absolute Gasteiger partial charge is 0.441 e. The summed E-state index contributed by atoms with van der Waals surface area (Å²) in [4.78, 5) is 46.7. The van der Waals surface area contributed by atoms with E-state index in [-0.39, 0.29) is 30.2 Å². The molecular weight excluding hydrogens is 489 g/mol. The summed E-state index contributed by atoms with van der Waals surface area (Å²) in [5.41, 5.74) is -0.757. The molecule has 10 nitrogen and oxygen atoms in total. The van der Waals surface area contributed by atoms with E-state index in [1.807, 2.05) is 0 Å². The van der Waals surface area contributed by atoms with Gasteiger partial charge in [0.15, 0.2) is 0 Å². The zero-order valence-electron chi connectivity index (χ0n) is 17.0. The van der Waals surface area contributed by atoms with Crippen molar-refractivity contribution in [1.82, 2.24) is 4.98 Å². The molecule has 0 spiro atoms. The first-order valence-corrected chi connectivity index (χ1v) is 11.2. The summed E-state index contributed by atoms with van der Waals surface area (Å²) in [6.07, 6.45) is -1.71. The van der Waals surface area contributed by atoms with E-state index in [2.05, 4.69) is 9.51 Å². The van der Waals surface area contributed by atoms with Gasteiger partial charge in [-0.15, -0.1) is 0 Å². The minimum atomic E-state index is -4.80. The summed E-state index contributed by atoms with van der Waals surface area (Å²) in [6, 6.07) is 4.10. The first kappa shape index (κ1) is 24.1. The third kappa shape index (κ3) is 4.75. The number of phosphoric ester groups is 1. The molecule has 0 unspecified atom stereocenters. The Labute approximate surface area is 188 Å². The Bertz CT molecular complexity index is 1170. The van der Waals surface area contributed by atoms with Gasteiger partial charge in [0.25, 0.3) is 5.91 Å². The molecule has 2 saturated heterocycles. The molecule has 1 aromatic heterocycles. The predicted molar refractivity (Wildman–Crippen MR) is 107 cm³/mol. The Morgan fingerprint density at radius 1 is 1.18 bits per heavy atom. The van der Waals surface area contributed by atoms with E-state index in [0.717, 1.165) is 28.1 Å². The van der Waals surface area contributed by atoms with Gasteiger partial charge in [-0.05, 0) is 24.3 Å². The summed E-state index contributed by atoms with van der Waals surface area (Å²) in [7, 11) is -4.80. The number of benzene rings is 1. The predicted octanol–water partition coefficient (Wildman–Crippen LogP) is 2.83. The average molecular weight is 505 g/mol. The lowest BCUT2D eigenvalue weighted by Crippen LogP contribution is -2.33. The highest BCUT2D eigenvalue weighted by molar-refractivity contribution is 7.46. The van der Waals surface area contributed by atoms with Crippen molar-refractivity contribution in [3.8, 4) is 11.1 Å². The molecular formula is C19H16F4N3O7P. The topological polar surface area (TPSA) is 130 Å². The second kappa shape index (κ2) is 8.62. The van der Waals surface area contributed by atoms with E-state index < -0.39 is 62.1 Å². The highest BCUT2D eigenvalue weighted by atomic mass is 31.2. The van der Waals surface area contributed by atoms with Crippen molar-refractivity contribution in [3.63, 3.8) is 0 Å². The van der Waals surface area contributed by atoms with Gasteiger partial charge in [-0.2, -0.15) is 8.78 Å². The Morgan fingerprint density at radius 3 is 2.38 bits per heavy atom. The maximum absolute atomic E-state index is 14.8. The van der Waals surface area contributed by atoms with Crippen LogP contribution in [0.2, 0.25) is 0 Å². The van der Waals surface area contributed by atoms with Gasteiger partial charge in [0.2, 0.25) is 0 Å². The third-order valence-corrected chi connectivity index (χ3v) is 5.65. The fourth-order valence-electron chi connectivity index (χ4n) is 3.56. The maximum Gasteiger partial charge on any atom is 0.469 e. The Hall–Kier alpha value is -3.06. The summed E-state index contributed by atoms with van der Waals surface area (Å²) in [6.45, 7) is -1.15. The first-order chi connectivity index (χ1) is 15.9. The van der Waals surface area contributed by atoms with Gasteiger partial charge < -0.3 is 14.5 Å². The van der Waals surface area contributed by atoms with Crippen LogP contribution < -0.4 is 9.80 Å². The molecule has 182 valence electrons. The lowest BCUT2D eigenvalue weighted by Gasteiger charge is -2.17. The van der Waals surface area contributed by atoms with Gasteiger partial charge >= 0.3 is 19.8 Å². The lowest BCUT2D eigenvalue weighted by atomic mass is 10.1. The number of cyclic esters (lactones) is 1. The molecule has 1 atom stereocenters. The molecule has 2 aromatic rings. The largest absolute Gasteiger partial charge is 0.469 e. The molecule has 2 fully saturated rings. The number of nitrogens with zero attached hydrogens (tertiary/aromatic N) is 3. The quantitative estimate of drug-likeness (QED) is 0.453. The van der Waals surface area contributed by atoms with Gasteiger partial charge in [0.05, 0.1) is 24.4 Å². The zero-order valence-corrected chi connectivity index (χ0v) is 17.9. The third-order valence-electron chi connectivity index (χ3n) is 5.16. The minimum absolute atomic E-state index is 0.0411. The molecule has 2 aliphatic rings. The van der Waals surface area contributed by atoms with E-state index in [1.165, 1.54) is 12.1 Å². The van der Waals surface area contributed by atoms with Crippen LogP contribution in [0.3, 0.4) is 0 Å². The molecule has 0 aliphatic carbocycles. The summed E-state index contributed by atoms with van der Waals surface area (Å²) >= 11 is 0. The number of hydrogen-bond donors (Lipinski definition) is 2. The van der Waals surface area contributed by atoms with Crippen LogP contribution in [0.1, 0.15) is 6.42 Å². The number of carbonyl (C=O) groups is 2. The molecule has 34 heavy (non-hydrogen) atoms. The Balaban J connectivity index is 1.53. The van der Waals surface area contributed by atoms with E-state index in [4.69, 9.17) is 14.5 Å². The Kier molecular flexibility index (Phi) is 6.10. The molecule has 2 N–H and O–H groups in total. The van der Waals surface area contributed by atoms with Crippen molar-refractivity contribution >= 4 is 31.3 Å². The summed E-state index contributed by atoms with van der Waals surface area (Å²) < 4.78 is 76.4. The molecule has 0 radical (unpaired) electrons. The van der Waals surface area contributed by atoms with Crippen LogP contribution in [0.15, 0.2) is 30.5 Å². The fraction of sp³-hybridized carbons (Fsp3) is 0.316. The molecule has 3 heterocycles. The van der Waals surface area contributed by atoms with Crippen molar-refractivity contribution in [2.24, 2.45) is 0 Å². The van der Waals surface area contributed by atoms with Crippen molar-refractivity contribution < 1.29 is 50.8 Å². The number of halogens is 4. The maximum atomic E-state index is 14.8. The van der Waals surface area contributed by atoms with Gasteiger partial charge in [-0.25, -0.2) is 23.1 Å². The molecule has 15 heteroatoms. The van der Waals surface area contributed by atoms with Crippen molar-refractivity contribution in [1.29, 1.82) is 0 Å². The number of carbonyl (C=O) groups excluding carboxylic acids is 2. The number of ether oxygens (including phenoxy) is 1. The van der Waals surface area contributed by atoms with Crippen LogP contribution in [0.5, 0.6) is 0 Å². The number of aromatic nitrogens is 1. The standard InChI is InChI=1S/C19H16F4N3O7P/c20-13-5-11(26-8-12(33-18(26)28)9-32-34(29,30)31)6-14(21)16(13)10-1-2-15(24-7-10)25-4-3-19(22,23)17(25)27/h1-2,5-7,12H,3-4,8-9H2,(H2,29,30,31)/t12-/m1/s1. The van der Waals surface area contributed by atoms with E-state index >= 15 is 0 Å². The number of hydrogen-bond acceptors (Lipinski definition) is 6. The second-order valence-corrected chi connectivity index (χ2v) is 8.74. The van der Waals surface area contributed by atoms with Gasteiger partial charge in [-0.3, -0.25) is 19.1 Å². The second-order valence-electron chi connectivity index (χ2n) is 7.50. The van der Waals surface area contributed by atoms with Crippen LogP contribution in [0.4, 0.5) is 33.9 Å². The van der Waals surface area contributed by atoms with Crippen LogP contribution >= 0.6 is 7.82 Å². The summed E-state index contributed by atoms with van der Waals surface area (Å²) in [5.74, 6) is -7.14. The van der Waals surface area contributed by atoms with E-state index in [1.54, 1.807) is 0 Å².